The minimum Gasteiger partial charge on any atom is -0.383 e. The minimum atomic E-state index is -0.181. The van der Waals surface area contributed by atoms with Crippen molar-refractivity contribution in [2.45, 2.75) is 70.7 Å². The van der Waals surface area contributed by atoms with Crippen molar-refractivity contribution in [1.82, 2.24) is 0 Å². The molecular weight excluding hydrogens is 192 g/mol. The lowest BCUT2D eigenvalue weighted by Gasteiger charge is -2.03. The van der Waals surface area contributed by atoms with Crippen LogP contribution in [-0.2, 0) is 0 Å². The van der Waals surface area contributed by atoms with Gasteiger partial charge in [-0.15, -0.1) is 11.8 Å². The molecular formula is C12H26OS. The Morgan fingerprint density at radius 1 is 0.929 bits per heavy atom. The highest BCUT2D eigenvalue weighted by Gasteiger charge is 1.95. The van der Waals surface area contributed by atoms with Crippen LogP contribution in [0.25, 0.3) is 0 Å². The smallest absolute Gasteiger partial charge is 0.0964 e. The van der Waals surface area contributed by atoms with Crippen LogP contribution in [0, 0.1) is 0 Å². The van der Waals surface area contributed by atoms with Crippen molar-refractivity contribution < 1.29 is 5.11 Å². The average Bonchev–Trinajstić information content (AvgIpc) is 2.15. The Morgan fingerprint density at radius 3 is 1.93 bits per heavy atom. The third-order valence-corrected chi connectivity index (χ3v) is 3.36. The van der Waals surface area contributed by atoms with Gasteiger partial charge in [-0.25, -0.2) is 0 Å². The molecule has 0 bridgehead atoms. The van der Waals surface area contributed by atoms with Crippen LogP contribution in [0.15, 0.2) is 0 Å². The Balaban J connectivity index is 2.85. The monoisotopic (exact) mass is 218 g/mol. The molecule has 1 unspecified atom stereocenters. The average molecular weight is 218 g/mol. The molecule has 0 amide bonds. The summed E-state index contributed by atoms with van der Waals surface area (Å²) in [6.07, 6.45) is 11.0. The second-order valence-electron chi connectivity index (χ2n) is 3.94. The molecule has 14 heavy (non-hydrogen) atoms. The first-order chi connectivity index (χ1) is 6.77. The van der Waals surface area contributed by atoms with E-state index in [2.05, 4.69) is 6.92 Å². The molecule has 0 fully saturated rings. The lowest BCUT2D eigenvalue weighted by molar-refractivity contribution is 0.284. The van der Waals surface area contributed by atoms with Gasteiger partial charge in [0.1, 0.15) is 0 Å². The van der Waals surface area contributed by atoms with Gasteiger partial charge in [-0.05, 0) is 19.1 Å². The summed E-state index contributed by atoms with van der Waals surface area (Å²) in [5, 5.41) is 9.02. The number of unbranched alkanes of at least 4 members (excludes halogenated alkanes) is 7. The first-order valence-corrected chi connectivity index (χ1v) is 7.12. The summed E-state index contributed by atoms with van der Waals surface area (Å²) >= 11 is 1.66. The van der Waals surface area contributed by atoms with Crippen molar-refractivity contribution >= 4 is 11.8 Å². The van der Waals surface area contributed by atoms with E-state index in [-0.39, 0.29) is 5.44 Å². The predicted octanol–water partition coefficient (Wildman–Crippen LogP) is 4.20. The lowest BCUT2D eigenvalue weighted by Crippen LogP contribution is -1.93. The highest BCUT2D eigenvalue weighted by Crippen LogP contribution is 2.13. The number of aliphatic hydroxyl groups excluding tert-OH is 1. The van der Waals surface area contributed by atoms with E-state index in [4.69, 9.17) is 5.11 Å². The second-order valence-corrected chi connectivity index (χ2v) is 5.37. The number of rotatable bonds is 10. The maximum atomic E-state index is 9.02. The molecule has 0 saturated heterocycles. The van der Waals surface area contributed by atoms with Crippen LogP contribution in [0.4, 0.5) is 0 Å². The molecule has 0 heterocycles. The molecule has 0 saturated carbocycles. The van der Waals surface area contributed by atoms with E-state index in [9.17, 15) is 0 Å². The van der Waals surface area contributed by atoms with Crippen LogP contribution >= 0.6 is 11.8 Å². The normalized spacial score (nSPS) is 13.1. The fraction of sp³-hybridized carbons (Fsp3) is 1.00. The topological polar surface area (TPSA) is 20.2 Å². The van der Waals surface area contributed by atoms with Gasteiger partial charge in [-0.3, -0.25) is 0 Å². The molecule has 2 heteroatoms. The Morgan fingerprint density at radius 2 is 1.43 bits per heavy atom. The van der Waals surface area contributed by atoms with Gasteiger partial charge >= 0.3 is 0 Å². The number of thioether (sulfide) groups is 1. The molecule has 0 aromatic heterocycles. The van der Waals surface area contributed by atoms with Crippen LogP contribution in [0.1, 0.15) is 65.2 Å². The van der Waals surface area contributed by atoms with Crippen molar-refractivity contribution in [2.75, 3.05) is 5.75 Å². The van der Waals surface area contributed by atoms with E-state index >= 15 is 0 Å². The van der Waals surface area contributed by atoms with E-state index in [1.54, 1.807) is 11.8 Å². The van der Waals surface area contributed by atoms with Gasteiger partial charge in [0, 0.05) is 0 Å². The summed E-state index contributed by atoms with van der Waals surface area (Å²) in [6.45, 7) is 4.10. The van der Waals surface area contributed by atoms with Gasteiger partial charge in [0.05, 0.1) is 5.44 Å². The lowest BCUT2D eigenvalue weighted by atomic mass is 10.1. The molecule has 86 valence electrons. The first-order valence-electron chi connectivity index (χ1n) is 6.07. The standard InChI is InChI=1S/C12H26OS/c1-3-4-5-6-7-8-9-10-11-14-12(2)13/h12-13H,3-11H2,1-2H3. The first kappa shape index (κ1) is 14.3. The third-order valence-electron chi connectivity index (χ3n) is 2.36. The van der Waals surface area contributed by atoms with Crippen LogP contribution in [-0.4, -0.2) is 16.3 Å². The van der Waals surface area contributed by atoms with Gasteiger partial charge in [0.15, 0.2) is 0 Å². The molecule has 0 aliphatic rings. The molecule has 1 N–H and O–H groups in total. The van der Waals surface area contributed by atoms with E-state index in [1.807, 2.05) is 6.92 Å². The number of hydrogen-bond acceptors (Lipinski definition) is 2. The third kappa shape index (κ3) is 12.3. The van der Waals surface area contributed by atoms with Crippen LogP contribution in [0.2, 0.25) is 0 Å². The van der Waals surface area contributed by atoms with E-state index in [0.29, 0.717) is 0 Å². The molecule has 1 nitrogen and oxygen atoms in total. The maximum Gasteiger partial charge on any atom is 0.0964 e. The molecule has 0 aromatic carbocycles. The summed E-state index contributed by atoms with van der Waals surface area (Å²) in [5.41, 5.74) is -0.181. The van der Waals surface area contributed by atoms with Gasteiger partial charge in [0.25, 0.3) is 0 Å². The second kappa shape index (κ2) is 11.4. The molecule has 0 radical (unpaired) electrons. The Labute approximate surface area is 93.7 Å². The van der Waals surface area contributed by atoms with Crippen molar-refractivity contribution in [2.24, 2.45) is 0 Å². The number of aliphatic hydroxyl groups is 1. The molecule has 1 atom stereocenters. The fourth-order valence-corrected chi connectivity index (χ4v) is 2.20. The quantitative estimate of drug-likeness (QED) is 0.438. The SMILES string of the molecule is CCCCCCCCCCSC(C)O. The minimum absolute atomic E-state index is 0.181. The molecule has 0 aliphatic heterocycles. The predicted molar refractivity (Wildman–Crippen MR) is 66.7 cm³/mol. The number of hydrogen-bond donors (Lipinski definition) is 1. The Kier molecular flexibility index (Phi) is 11.6. The molecule has 0 spiro atoms. The van der Waals surface area contributed by atoms with Crippen molar-refractivity contribution in [3.8, 4) is 0 Å². The zero-order valence-electron chi connectivity index (χ0n) is 9.80. The van der Waals surface area contributed by atoms with Crippen molar-refractivity contribution in [3.05, 3.63) is 0 Å². The Hall–Kier alpha value is 0.310. The van der Waals surface area contributed by atoms with E-state index in [1.165, 1.54) is 51.4 Å². The summed E-state index contributed by atoms with van der Waals surface area (Å²) in [7, 11) is 0. The van der Waals surface area contributed by atoms with Crippen molar-refractivity contribution in [3.63, 3.8) is 0 Å². The molecule has 0 aromatic rings. The zero-order valence-corrected chi connectivity index (χ0v) is 10.6. The van der Waals surface area contributed by atoms with Crippen LogP contribution in [0.5, 0.6) is 0 Å². The molecule has 0 aliphatic carbocycles. The summed E-state index contributed by atoms with van der Waals surface area (Å²) in [5.74, 6) is 1.12. The fourth-order valence-electron chi connectivity index (χ4n) is 1.49. The highest BCUT2D eigenvalue weighted by molar-refractivity contribution is 7.99. The van der Waals surface area contributed by atoms with E-state index < -0.39 is 0 Å². The zero-order chi connectivity index (χ0) is 10.6. The maximum absolute atomic E-state index is 9.02. The van der Waals surface area contributed by atoms with Crippen LogP contribution in [0.3, 0.4) is 0 Å². The van der Waals surface area contributed by atoms with Gasteiger partial charge in [-0.2, -0.15) is 0 Å². The molecule has 0 rings (SSSR count). The van der Waals surface area contributed by atoms with E-state index in [0.717, 1.165) is 5.75 Å². The van der Waals surface area contributed by atoms with Gasteiger partial charge < -0.3 is 5.11 Å². The summed E-state index contributed by atoms with van der Waals surface area (Å²) in [4.78, 5) is 0. The van der Waals surface area contributed by atoms with Gasteiger partial charge in [-0.1, -0.05) is 51.9 Å². The van der Waals surface area contributed by atoms with Crippen LogP contribution < -0.4 is 0 Å². The summed E-state index contributed by atoms with van der Waals surface area (Å²) < 4.78 is 0. The summed E-state index contributed by atoms with van der Waals surface area (Å²) in [6, 6.07) is 0. The van der Waals surface area contributed by atoms with Gasteiger partial charge in [0.2, 0.25) is 0 Å². The Bertz CT molecular complexity index is 104. The highest BCUT2D eigenvalue weighted by atomic mass is 32.2. The largest absolute Gasteiger partial charge is 0.383 e. The van der Waals surface area contributed by atoms with Crippen molar-refractivity contribution in [1.29, 1.82) is 0 Å².